The van der Waals surface area contributed by atoms with Crippen molar-refractivity contribution < 1.29 is 28.6 Å². The van der Waals surface area contributed by atoms with Crippen molar-refractivity contribution in [2.45, 2.75) is 290 Å². The molecule has 0 aromatic heterocycles. The van der Waals surface area contributed by atoms with Gasteiger partial charge in [-0.1, -0.05) is 279 Å². The minimum Gasteiger partial charge on any atom is -0.462 e. The average Bonchev–Trinajstić information content (AvgIpc) is 3.38. The second kappa shape index (κ2) is 59.9. The minimum absolute atomic E-state index is 0.0784. The predicted molar refractivity (Wildman–Crippen MR) is 311 cm³/mol. The van der Waals surface area contributed by atoms with Crippen molar-refractivity contribution in [3.05, 3.63) is 97.2 Å². The molecule has 0 amide bonds. The molecule has 0 saturated carbocycles. The number of hydrogen-bond donors (Lipinski definition) is 0. The molecule has 0 heterocycles. The van der Waals surface area contributed by atoms with Crippen molar-refractivity contribution >= 4 is 17.9 Å². The summed E-state index contributed by atoms with van der Waals surface area (Å²) in [7, 11) is 0. The van der Waals surface area contributed by atoms with Gasteiger partial charge in [0.05, 0.1) is 0 Å². The average molecular weight is 1000 g/mol. The molecule has 0 aromatic carbocycles. The van der Waals surface area contributed by atoms with Gasteiger partial charge < -0.3 is 14.2 Å². The first-order valence-electron chi connectivity index (χ1n) is 30.2. The number of esters is 3. The molecule has 72 heavy (non-hydrogen) atoms. The number of allylic oxidation sites excluding steroid dienone is 16. The third-order valence-corrected chi connectivity index (χ3v) is 12.9. The summed E-state index contributed by atoms with van der Waals surface area (Å²) < 4.78 is 16.8. The molecule has 0 saturated heterocycles. The Morgan fingerprint density at radius 3 is 0.847 bits per heavy atom. The lowest BCUT2D eigenvalue weighted by Crippen LogP contribution is -2.30. The third kappa shape index (κ3) is 57.2. The molecular weight excluding hydrogens is 889 g/mol. The van der Waals surface area contributed by atoms with E-state index in [2.05, 4.69) is 118 Å². The van der Waals surface area contributed by atoms with Gasteiger partial charge in [0.15, 0.2) is 6.10 Å². The molecule has 6 nitrogen and oxygen atoms in total. The van der Waals surface area contributed by atoms with Crippen LogP contribution in [0.15, 0.2) is 97.2 Å². The summed E-state index contributed by atoms with van der Waals surface area (Å²) >= 11 is 0. The van der Waals surface area contributed by atoms with Gasteiger partial charge in [-0.15, -0.1) is 0 Å². The molecule has 0 aromatic rings. The van der Waals surface area contributed by atoms with Gasteiger partial charge in [-0.05, 0) is 83.5 Å². The molecule has 0 radical (unpaired) electrons. The van der Waals surface area contributed by atoms with E-state index >= 15 is 0 Å². The van der Waals surface area contributed by atoms with Crippen LogP contribution < -0.4 is 0 Å². The highest BCUT2D eigenvalue weighted by atomic mass is 16.6. The molecule has 0 rings (SSSR count). The standard InChI is InChI=1S/C66H112O6/c1-4-7-10-13-16-19-21-23-25-26-27-28-29-30-31-32-33-34-35-36-37-38-39-40-41-43-44-47-50-53-56-59-65(68)71-62-63(61-70-64(67)58-55-52-49-46-18-15-12-9-6-3)72-66(69)60-57-54-51-48-45-42-24-22-20-17-14-11-8-5-2/h7,10,16,19,23,25,27-28,30-31,33-34,36-37,39-40,63H,4-6,8-9,11-15,17-18,20-22,24,26,29,32,35,38,41-62H2,1-3H3/b10-7-,19-16-,25-23-,28-27-,31-30-,34-33-,37-36-,40-39-. The Bertz CT molecular complexity index is 1430. The molecule has 0 fully saturated rings. The Hall–Kier alpha value is -3.67. The molecule has 0 aliphatic heterocycles. The fourth-order valence-electron chi connectivity index (χ4n) is 8.34. The fourth-order valence-corrected chi connectivity index (χ4v) is 8.34. The zero-order valence-corrected chi connectivity index (χ0v) is 47.2. The summed E-state index contributed by atoms with van der Waals surface area (Å²) in [5.74, 6) is -0.889. The van der Waals surface area contributed by atoms with Crippen LogP contribution in [-0.4, -0.2) is 37.2 Å². The first-order valence-corrected chi connectivity index (χ1v) is 30.2. The van der Waals surface area contributed by atoms with Crippen LogP contribution in [0.4, 0.5) is 0 Å². The highest BCUT2D eigenvalue weighted by Gasteiger charge is 2.19. The van der Waals surface area contributed by atoms with Crippen LogP contribution in [-0.2, 0) is 28.6 Å². The number of ether oxygens (including phenoxy) is 3. The molecule has 0 N–H and O–H groups in total. The lowest BCUT2D eigenvalue weighted by atomic mass is 10.0. The molecule has 1 atom stereocenters. The number of carbonyl (C=O) groups is 3. The quantitative estimate of drug-likeness (QED) is 0.0261. The van der Waals surface area contributed by atoms with Gasteiger partial charge in [0.1, 0.15) is 13.2 Å². The summed E-state index contributed by atoms with van der Waals surface area (Å²) in [4.78, 5) is 38.0. The molecule has 0 spiro atoms. The molecule has 0 bridgehead atoms. The Morgan fingerprint density at radius 1 is 0.292 bits per heavy atom. The Labute approximate surface area is 445 Å². The fraction of sp³-hybridized carbons (Fsp3) is 0.712. The van der Waals surface area contributed by atoms with Crippen LogP contribution in [0.2, 0.25) is 0 Å². The SMILES string of the molecule is CC/C=C\C/C=C\C/C=C\C/C=C\C/C=C\C/C=C\C/C=C\C/C=C\CCCCCCCCC(=O)OCC(COC(=O)CCCCCCCCCCC)OC(=O)CCCCCCCCCCCCCCCC. The van der Waals surface area contributed by atoms with E-state index in [1.807, 2.05) is 0 Å². The van der Waals surface area contributed by atoms with E-state index in [4.69, 9.17) is 14.2 Å². The summed E-state index contributed by atoms with van der Waals surface area (Å²) in [6, 6.07) is 0. The lowest BCUT2D eigenvalue weighted by molar-refractivity contribution is -0.167. The predicted octanol–water partition coefficient (Wildman–Crippen LogP) is 20.5. The molecule has 1 unspecified atom stereocenters. The zero-order chi connectivity index (χ0) is 52.2. The van der Waals surface area contributed by atoms with E-state index in [-0.39, 0.29) is 31.1 Å². The second-order valence-corrected chi connectivity index (χ2v) is 19.9. The van der Waals surface area contributed by atoms with Crippen LogP contribution >= 0.6 is 0 Å². The monoisotopic (exact) mass is 1000 g/mol. The molecule has 0 aliphatic carbocycles. The first kappa shape index (κ1) is 68.3. The van der Waals surface area contributed by atoms with Gasteiger partial charge >= 0.3 is 17.9 Å². The van der Waals surface area contributed by atoms with E-state index in [9.17, 15) is 14.4 Å². The second-order valence-electron chi connectivity index (χ2n) is 19.9. The maximum atomic E-state index is 12.8. The molecule has 412 valence electrons. The van der Waals surface area contributed by atoms with Gasteiger partial charge in [0, 0.05) is 19.3 Å². The van der Waals surface area contributed by atoms with Crippen LogP contribution in [0, 0.1) is 0 Å². The van der Waals surface area contributed by atoms with Crippen LogP contribution in [0.25, 0.3) is 0 Å². The third-order valence-electron chi connectivity index (χ3n) is 12.9. The first-order chi connectivity index (χ1) is 35.5. The summed E-state index contributed by atoms with van der Waals surface area (Å²) in [5.41, 5.74) is 0. The Kier molecular flexibility index (Phi) is 56.8. The summed E-state index contributed by atoms with van der Waals surface area (Å²) in [5, 5.41) is 0. The maximum absolute atomic E-state index is 12.8. The summed E-state index contributed by atoms with van der Waals surface area (Å²) in [6.45, 7) is 6.51. The van der Waals surface area contributed by atoms with Gasteiger partial charge in [0.25, 0.3) is 0 Å². The molecular formula is C66H112O6. The number of hydrogen-bond acceptors (Lipinski definition) is 6. The topological polar surface area (TPSA) is 78.9 Å². The van der Waals surface area contributed by atoms with Crippen molar-refractivity contribution in [1.29, 1.82) is 0 Å². The number of carbonyl (C=O) groups excluding carboxylic acids is 3. The Balaban J connectivity index is 4.22. The van der Waals surface area contributed by atoms with Crippen molar-refractivity contribution in [1.82, 2.24) is 0 Å². The van der Waals surface area contributed by atoms with Crippen LogP contribution in [0.3, 0.4) is 0 Å². The molecule has 6 heteroatoms. The largest absolute Gasteiger partial charge is 0.462 e. The van der Waals surface area contributed by atoms with E-state index < -0.39 is 6.10 Å². The van der Waals surface area contributed by atoms with Gasteiger partial charge in [-0.3, -0.25) is 14.4 Å². The Morgan fingerprint density at radius 2 is 0.542 bits per heavy atom. The minimum atomic E-state index is -0.779. The van der Waals surface area contributed by atoms with Gasteiger partial charge in [-0.25, -0.2) is 0 Å². The highest BCUT2D eigenvalue weighted by Crippen LogP contribution is 2.16. The van der Waals surface area contributed by atoms with E-state index in [0.29, 0.717) is 19.3 Å². The van der Waals surface area contributed by atoms with Crippen LogP contribution in [0.1, 0.15) is 284 Å². The van der Waals surface area contributed by atoms with Crippen molar-refractivity contribution in [2.24, 2.45) is 0 Å². The molecule has 0 aliphatic rings. The van der Waals surface area contributed by atoms with E-state index in [0.717, 1.165) is 122 Å². The van der Waals surface area contributed by atoms with Gasteiger partial charge in [-0.2, -0.15) is 0 Å². The summed E-state index contributed by atoms with van der Waals surface area (Å²) in [6.07, 6.45) is 79.9. The maximum Gasteiger partial charge on any atom is 0.306 e. The number of unbranched alkanes of at least 4 members (excludes halogenated alkanes) is 27. The van der Waals surface area contributed by atoms with Crippen molar-refractivity contribution in [3.63, 3.8) is 0 Å². The van der Waals surface area contributed by atoms with Crippen molar-refractivity contribution in [3.8, 4) is 0 Å². The normalized spacial score (nSPS) is 12.8. The lowest BCUT2D eigenvalue weighted by Gasteiger charge is -2.18. The van der Waals surface area contributed by atoms with Crippen molar-refractivity contribution in [2.75, 3.05) is 13.2 Å². The van der Waals surface area contributed by atoms with Crippen LogP contribution in [0.5, 0.6) is 0 Å². The highest BCUT2D eigenvalue weighted by molar-refractivity contribution is 5.71. The van der Waals surface area contributed by atoms with E-state index in [1.165, 1.54) is 122 Å². The van der Waals surface area contributed by atoms with E-state index in [1.54, 1.807) is 0 Å². The zero-order valence-electron chi connectivity index (χ0n) is 47.2. The van der Waals surface area contributed by atoms with Gasteiger partial charge in [0.2, 0.25) is 0 Å². The number of rotatable bonds is 54. The smallest absolute Gasteiger partial charge is 0.306 e.